The van der Waals surface area contributed by atoms with E-state index in [1.165, 1.54) is 0 Å². The molecule has 1 aliphatic heterocycles. The number of aromatic hydroxyl groups is 1. The summed E-state index contributed by atoms with van der Waals surface area (Å²) in [5.74, 6) is 0.363. The number of phenolic OH excluding ortho intramolecular Hbond substituents is 1. The van der Waals surface area contributed by atoms with Gasteiger partial charge in [0.2, 0.25) is 5.91 Å². The number of hydrogen-bond donors (Lipinski definition) is 3. The van der Waals surface area contributed by atoms with Crippen LogP contribution in [0.4, 0.5) is 5.69 Å². The van der Waals surface area contributed by atoms with E-state index < -0.39 is 0 Å². The summed E-state index contributed by atoms with van der Waals surface area (Å²) < 4.78 is 0. The van der Waals surface area contributed by atoms with Gasteiger partial charge >= 0.3 is 0 Å². The van der Waals surface area contributed by atoms with Gasteiger partial charge in [-0.2, -0.15) is 0 Å². The van der Waals surface area contributed by atoms with Crippen LogP contribution in [0, 0.1) is 12.8 Å². The fourth-order valence-electron chi connectivity index (χ4n) is 2.05. The minimum atomic E-state index is 0.0536. The quantitative estimate of drug-likeness (QED) is 0.682. The van der Waals surface area contributed by atoms with E-state index in [4.69, 9.17) is 0 Å². The molecule has 0 spiro atoms. The van der Waals surface area contributed by atoms with Gasteiger partial charge in [-0.05, 0) is 50.1 Å². The Morgan fingerprint density at radius 1 is 1.53 bits per heavy atom. The molecule has 92 valence electrons. The van der Waals surface area contributed by atoms with Crippen molar-refractivity contribution in [2.45, 2.75) is 19.8 Å². The van der Waals surface area contributed by atoms with Gasteiger partial charge in [0.1, 0.15) is 5.75 Å². The van der Waals surface area contributed by atoms with Crippen molar-refractivity contribution < 1.29 is 9.90 Å². The third-order valence-electron chi connectivity index (χ3n) is 3.13. The number of carbonyl (C=O) groups is 1. The number of rotatable bonds is 2. The number of hydrogen-bond acceptors (Lipinski definition) is 3. The molecule has 1 amide bonds. The molecule has 1 aromatic carbocycles. The molecule has 1 fully saturated rings. The van der Waals surface area contributed by atoms with Crippen molar-refractivity contribution in [2.24, 2.45) is 5.92 Å². The summed E-state index contributed by atoms with van der Waals surface area (Å²) >= 11 is 0. The van der Waals surface area contributed by atoms with E-state index in [1.54, 1.807) is 18.2 Å². The van der Waals surface area contributed by atoms with Gasteiger partial charge in [-0.15, -0.1) is 0 Å². The second-order valence-corrected chi connectivity index (χ2v) is 4.53. The lowest BCUT2D eigenvalue weighted by Gasteiger charge is -2.22. The van der Waals surface area contributed by atoms with Gasteiger partial charge < -0.3 is 15.7 Å². The normalized spacial score (nSPS) is 19.9. The van der Waals surface area contributed by atoms with Gasteiger partial charge in [-0.25, -0.2) is 0 Å². The number of amides is 1. The summed E-state index contributed by atoms with van der Waals surface area (Å²) in [6.45, 7) is 3.57. The summed E-state index contributed by atoms with van der Waals surface area (Å²) in [6.07, 6.45) is 1.99. The molecular weight excluding hydrogens is 216 g/mol. The van der Waals surface area contributed by atoms with Gasteiger partial charge in [0.05, 0.1) is 5.92 Å². The largest absolute Gasteiger partial charge is 0.508 e. The van der Waals surface area contributed by atoms with E-state index in [0.717, 1.165) is 37.2 Å². The molecule has 0 radical (unpaired) electrons. The Morgan fingerprint density at radius 2 is 2.35 bits per heavy atom. The van der Waals surface area contributed by atoms with Crippen molar-refractivity contribution in [3.63, 3.8) is 0 Å². The van der Waals surface area contributed by atoms with Crippen LogP contribution in [0.2, 0.25) is 0 Å². The average molecular weight is 234 g/mol. The predicted molar refractivity (Wildman–Crippen MR) is 67.1 cm³/mol. The van der Waals surface area contributed by atoms with Crippen LogP contribution < -0.4 is 10.6 Å². The second-order valence-electron chi connectivity index (χ2n) is 4.53. The topological polar surface area (TPSA) is 61.4 Å². The number of phenols is 1. The maximum absolute atomic E-state index is 12.0. The molecule has 1 atom stereocenters. The van der Waals surface area contributed by atoms with Crippen molar-refractivity contribution in [1.82, 2.24) is 5.32 Å². The van der Waals surface area contributed by atoms with Crippen LogP contribution in [0.5, 0.6) is 5.75 Å². The Hall–Kier alpha value is -1.55. The molecule has 1 aromatic rings. The first-order chi connectivity index (χ1) is 8.16. The van der Waals surface area contributed by atoms with Crippen molar-refractivity contribution in [1.29, 1.82) is 0 Å². The summed E-state index contributed by atoms with van der Waals surface area (Å²) in [6, 6.07) is 5.10. The van der Waals surface area contributed by atoms with Gasteiger partial charge in [-0.1, -0.05) is 0 Å². The minimum absolute atomic E-state index is 0.0536. The van der Waals surface area contributed by atoms with Crippen molar-refractivity contribution in [2.75, 3.05) is 18.4 Å². The number of benzene rings is 1. The predicted octanol–water partition coefficient (Wildman–Crippen LogP) is 1.64. The Kier molecular flexibility index (Phi) is 3.64. The fourth-order valence-corrected chi connectivity index (χ4v) is 2.05. The molecule has 0 bridgehead atoms. The number of aryl methyl sites for hydroxylation is 1. The molecular formula is C13H18N2O2. The minimum Gasteiger partial charge on any atom is -0.508 e. The first-order valence-electron chi connectivity index (χ1n) is 5.98. The van der Waals surface area contributed by atoms with E-state index in [2.05, 4.69) is 10.6 Å². The number of nitrogens with one attached hydrogen (secondary N) is 2. The van der Waals surface area contributed by atoms with Crippen LogP contribution in [0.3, 0.4) is 0 Å². The monoisotopic (exact) mass is 234 g/mol. The number of piperidine rings is 1. The Balaban J connectivity index is 1.99. The van der Waals surface area contributed by atoms with Gasteiger partial charge in [0.15, 0.2) is 0 Å². The average Bonchev–Trinajstić information content (AvgIpc) is 2.35. The van der Waals surface area contributed by atoms with E-state index in [1.807, 2.05) is 6.92 Å². The van der Waals surface area contributed by atoms with Crippen LogP contribution in [0.15, 0.2) is 18.2 Å². The lowest BCUT2D eigenvalue weighted by molar-refractivity contribution is -0.120. The van der Waals surface area contributed by atoms with Crippen LogP contribution in [0.1, 0.15) is 18.4 Å². The molecule has 4 nitrogen and oxygen atoms in total. The molecule has 3 N–H and O–H groups in total. The molecule has 0 saturated carbocycles. The standard InChI is InChI=1S/C13H18N2O2/c1-9-7-11(4-5-12(9)16)15-13(17)10-3-2-6-14-8-10/h4-5,7,10,14,16H,2-3,6,8H2,1H3,(H,15,17)/t10-/m0/s1. The Labute approximate surface area is 101 Å². The summed E-state index contributed by atoms with van der Waals surface area (Å²) in [7, 11) is 0. The maximum atomic E-state index is 12.0. The highest BCUT2D eigenvalue weighted by Crippen LogP contribution is 2.21. The zero-order chi connectivity index (χ0) is 12.3. The third kappa shape index (κ3) is 2.97. The van der Waals surface area contributed by atoms with E-state index in [-0.39, 0.29) is 17.6 Å². The van der Waals surface area contributed by atoms with Gasteiger partial charge in [0, 0.05) is 12.2 Å². The molecule has 1 saturated heterocycles. The van der Waals surface area contributed by atoms with Crippen molar-refractivity contribution in [3.05, 3.63) is 23.8 Å². The van der Waals surface area contributed by atoms with E-state index in [0.29, 0.717) is 0 Å². The highest BCUT2D eigenvalue weighted by molar-refractivity contribution is 5.92. The van der Waals surface area contributed by atoms with Crippen LogP contribution in [0.25, 0.3) is 0 Å². The molecule has 17 heavy (non-hydrogen) atoms. The zero-order valence-electron chi connectivity index (χ0n) is 9.99. The summed E-state index contributed by atoms with van der Waals surface area (Å²) in [4.78, 5) is 12.0. The third-order valence-corrected chi connectivity index (χ3v) is 3.13. The number of anilines is 1. The van der Waals surface area contributed by atoms with Gasteiger partial charge in [0.25, 0.3) is 0 Å². The van der Waals surface area contributed by atoms with Crippen LogP contribution in [-0.4, -0.2) is 24.1 Å². The highest BCUT2D eigenvalue weighted by Gasteiger charge is 2.20. The molecule has 1 aliphatic rings. The molecule has 0 aromatic heterocycles. The first kappa shape index (κ1) is 11.9. The van der Waals surface area contributed by atoms with E-state index >= 15 is 0 Å². The fraction of sp³-hybridized carbons (Fsp3) is 0.462. The molecule has 1 heterocycles. The second kappa shape index (κ2) is 5.19. The maximum Gasteiger partial charge on any atom is 0.228 e. The van der Waals surface area contributed by atoms with Crippen molar-refractivity contribution >= 4 is 11.6 Å². The Morgan fingerprint density at radius 3 is 3.00 bits per heavy atom. The van der Waals surface area contributed by atoms with Crippen molar-refractivity contribution in [3.8, 4) is 5.75 Å². The molecule has 4 heteroatoms. The van der Waals surface area contributed by atoms with Crippen LogP contribution in [-0.2, 0) is 4.79 Å². The lowest BCUT2D eigenvalue weighted by Crippen LogP contribution is -2.37. The summed E-state index contributed by atoms with van der Waals surface area (Å²) in [5.41, 5.74) is 1.51. The SMILES string of the molecule is Cc1cc(NC(=O)[C@H]2CCCNC2)ccc1O. The molecule has 2 rings (SSSR count). The smallest absolute Gasteiger partial charge is 0.228 e. The molecule has 0 aliphatic carbocycles. The number of carbonyl (C=O) groups excluding carboxylic acids is 1. The highest BCUT2D eigenvalue weighted by atomic mass is 16.3. The van der Waals surface area contributed by atoms with Crippen LogP contribution >= 0.6 is 0 Å². The molecule has 0 unspecified atom stereocenters. The summed E-state index contributed by atoms with van der Waals surface area (Å²) in [5, 5.41) is 15.5. The first-order valence-corrected chi connectivity index (χ1v) is 5.98. The lowest BCUT2D eigenvalue weighted by atomic mass is 9.99. The zero-order valence-corrected chi connectivity index (χ0v) is 9.99. The Bertz CT molecular complexity index is 412. The van der Waals surface area contributed by atoms with Gasteiger partial charge in [-0.3, -0.25) is 4.79 Å². The van der Waals surface area contributed by atoms with E-state index in [9.17, 15) is 9.90 Å².